The topological polar surface area (TPSA) is 71.4 Å². The van der Waals surface area contributed by atoms with E-state index in [2.05, 4.69) is 15.0 Å². The average molecular weight is 273 g/mol. The van der Waals surface area contributed by atoms with Crippen molar-refractivity contribution in [1.29, 1.82) is 0 Å². The van der Waals surface area contributed by atoms with Crippen LogP contribution in [0.3, 0.4) is 0 Å². The Kier molecular flexibility index (Phi) is 4.19. The molecule has 0 bridgehead atoms. The van der Waals surface area contributed by atoms with E-state index in [1.807, 2.05) is 18.9 Å². The molecule has 1 aliphatic carbocycles. The van der Waals surface area contributed by atoms with Crippen LogP contribution in [0.1, 0.15) is 19.8 Å². The molecule has 1 aliphatic rings. The van der Waals surface area contributed by atoms with Crippen LogP contribution in [0, 0.1) is 5.92 Å². The Labute approximate surface area is 111 Å². The van der Waals surface area contributed by atoms with Crippen LogP contribution < -0.4 is 9.64 Å². The van der Waals surface area contributed by atoms with E-state index in [4.69, 9.17) is 16.3 Å². The minimum atomic E-state index is -0.149. The lowest BCUT2D eigenvalue weighted by Gasteiger charge is -2.34. The molecular formula is C11H17ClN4O2. The van der Waals surface area contributed by atoms with Crippen molar-refractivity contribution in [2.24, 2.45) is 5.92 Å². The van der Waals surface area contributed by atoms with Crippen molar-refractivity contribution in [3.8, 4) is 6.01 Å². The largest absolute Gasteiger partial charge is 0.464 e. The molecule has 7 heteroatoms. The number of aromatic nitrogens is 3. The van der Waals surface area contributed by atoms with Gasteiger partial charge in [-0.3, -0.25) is 0 Å². The zero-order valence-corrected chi connectivity index (χ0v) is 11.3. The normalized spacial score (nSPS) is 22.4. The molecule has 1 heterocycles. The van der Waals surface area contributed by atoms with Crippen LogP contribution in [0.2, 0.25) is 5.28 Å². The fourth-order valence-electron chi connectivity index (χ4n) is 2.00. The molecule has 1 N–H and O–H groups in total. The lowest BCUT2D eigenvalue weighted by molar-refractivity contribution is 0.0463. The van der Waals surface area contributed by atoms with Crippen molar-refractivity contribution in [3.63, 3.8) is 0 Å². The molecule has 1 fully saturated rings. The molecule has 0 saturated heterocycles. The highest BCUT2D eigenvalue weighted by Crippen LogP contribution is 2.28. The third-order valence-corrected chi connectivity index (χ3v) is 3.10. The molecule has 0 aliphatic heterocycles. The third kappa shape index (κ3) is 3.20. The highest BCUT2D eigenvalue weighted by atomic mass is 35.5. The molecule has 0 unspecified atom stereocenters. The van der Waals surface area contributed by atoms with Crippen LogP contribution in [0.25, 0.3) is 0 Å². The van der Waals surface area contributed by atoms with E-state index < -0.39 is 0 Å². The summed E-state index contributed by atoms with van der Waals surface area (Å²) in [5, 5.41) is 9.39. The van der Waals surface area contributed by atoms with E-state index in [9.17, 15) is 5.11 Å². The molecule has 0 amide bonds. The second-order valence-corrected chi connectivity index (χ2v) is 4.83. The Bertz CT molecular complexity index is 412. The summed E-state index contributed by atoms with van der Waals surface area (Å²) in [7, 11) is 1.89. The smallest absolute Gasteiger partial charge is 0.322 e. The first kappa shape index (κ1) is 13.3. The van der Waals surface area contributed by atoms with Crippen LogP contribution in [-0.4, -0.2) is 46.4 Å². The van der Waals surface area contributed by atoms with Crippen molar-refractivity contribution in [3.05, 3.63) is 5.28 Å². The molecule has 18 heavy (non-hydrogen) atoms. The first-order chi connectivity index (χ1) is 8.58. The molecule has 1 aromatic heterocycles. The first-order valence-corrected chi connectivity index (χ1v) is 6.39. The fourth-order valence-corrected chi connectivity index (χ4v) is 2.15. The molecule has 2 rings (SSSR count). The Balaban J connectivity index is 2.02. The fraction of sp³-hybridized carbons (Fsp3) is 0.727. The lowest BCUT2D eigenvalue weighted by atomic mass is 9.82. The van der Waals surface area contributed by atoms with Gasteiger partial charge in [0.2, 0.25) is 11.2 Å². The molecular weight excluding hydrogens is 256 g/mol. The summed E-state index contributed by atoms with van der Waals surface area (Å²) >= 11 is 5.83. The Morgan fingerprint density at radius 2 is 2.11 bits per heavy atom. The highest BCUT2D eigenvalue weighted by molar-refractivity contribution is 6.28. The minimum absolute atomic E-state index is 0.129. The van der Waals surface area contributed by atoms with Crippen LogP contribution in [0.4, 0.5) is 5.95 Å². The van der Waals surface area contributed by atoms with Crippen LogP contribution in [-0.2, 0) is 0 Å². The second-order valence-electron chi connectivity index (χ2n) is 4.49. The van der Waals surface area contributed by atoms with E-state index in [0.717, 1.165) is 19.4 Å². The van der Waals surface area contributed by atoms with Crippen LogP contribution in [0.5, 0.6) is 6.01 Å². The van der Waals surface area contributed by atoms with Gasteiger partial charge in [-0.15, -0.1) is 0 Å². The number of ether oxygens (including phenoxy) is 1. The number of anilines is 1. The van der Waals surface area contributed by atoms with Gasteiger partial charge in [0.15, 0.2) is 0 Å². The van der Waals surface area contributed by atoms with Gasteiger partial charge < -0.3 is 14.7 Å². The summed E-state index contributed by atoms with van der Waals surface area (Å²) in [6, 6.07) is 0.244. The lowest BCUT2D eigenvalue weighted by Crippen LogP contribution is -2.37. The molecule has 1 aromatic rings. The van der Waals surface area contributed by atoms with E-state index in [1.165, 1.54) is 0 Å². The van der Waals surface area contributed by atoms with Gasteiger partial charge >= 0.3 is 6.01 Å². The van der Waals surface area contributed by atoms with Crippen molar-refractivity contribution >= 4 is 17.5 Å². The number of nitrogens with zero attached hydrogens (tertiary/aromatic N) is 4. The number of hydrogen-bond donors (Lipinski definition) is 1. The average Bonchev–Trinajstić information content (AvgIpc) is 2.26. The van der Waals surface area contributed by atoms with E-state index in [-0.39, 0.29) is 17.4 Å². The molecule has 0 aromatic carbocycles. The number of rotatable bonds is 5. The number of aliphatic hydroxyl groups is 1. The predicted octanol–water partition coefficient (Wildman–Crippen LogP) is 1.13. The van der Waals surface area contributed by atoms with Gasteiger partial charge in [0.25, 0.3) is 0 Å². The second kappa shape index (κ2) is 5.67. The van der Waals surface area contributed by atoms with Crippen molar-refractivity contribution in [1.82, 2.24) is 15.0 Å². The standard InChI is InChI=1S/C11H17ClN4O2/c1-3-18-11-14-9(12)13-10(15-11)16(2)6-7-4-8(17)5-7/h7-8,17H,3-6H2,1-2H3. The quantitative estimate of drug-likeness (QED) is 0.866. The van der Waals surface area contributed by atoms with Crippen LogP contribution in [0.15, 0.2) is 0 Å². The number of hydrogen-bond acceptors (Lipinski definition) is 6. The van der Waals surface area contributed by atoms with Gasteiger partial charge in [-0.1, -0.05) is 0 Å². The minimum Gasteiger partial charge on any atom is -0.464 e. The summed E-state index contributed by atoms with van der Waals surface area (Å²) in [5.41, 5.74) is 0. The first-order valence-electron chi connectivity index (χ1n) is 6.02. The predicted molar refractivity (Wildman–Crippen MR) is 68.0 cm³/mol. The monoisotopic (exact) mass is 272 g/mol. The summed E-state index contributed by atoms with van der Waals surface area (Å²) in [5.74, 6) is 0.982. The van der Waals surface area contributed by atoms with Gasteiger partial charge in [-0.2, -0.15) is 15.0 Å². The van der Waals surface area contributed by atoms with Gasteiger partial charge in [0, 0.05) is 13.6 Å². The Morgan fingerprint density at radius 3 is 2.72 bits per heavy atom. The Hall–Kier alpha value is -1.14. The zero-order chi connectivity index (χ0) is 13.1. The van der Waals surface area contributed by atoms with Gasteiger partial charge in [-0.05, 0) is 37.3 Å². The maximum absolute atomic E-state index is 9.26. The summed E-state index contributed by atoms with van der Waals surface area (Å²) in [4.78, 5) is 14.1. The summed E-state index contributed by atoms with van der Waals surface area (Å²) in [6.45, 7) is 3.14. The van der Waals surface area contributed by atoms with Crippen LogP contribution >= 0.6 is 11.6 Å². The maximum atomic E-state index is 9.26. The van der Waals surface area contributed by atoms with Gasteiger partial charge in [0.05, 0.1) is 12.7 Å². The van der Waals surface area contributed by atoms with E-state index in [0.29, 0.717) is 18.5 Å². The van der Waals surface area contributed by atoms with E-state index in [1.54, 1.807) is 0 Å². The van der Waals surface area contributed by atoms with Crippen molar-refractivity contribution < 1.29 is 9.84 Å². The number of halogens is 1. The van der Waals surface area contributed by atoms with Crippen molar-refractivity contribution in [2.75, 3.05) is 25.1 Å². The van der Waals surface area contributed by atoms with E-state index >= 15 is 0 Å². The zero-order valence-electron chi connectivity index (χ0n) is 10.5. The molecule has 0 radical (unpaired) electrons. The van der Waals surface area contributed by atoms with Gasteiger partial charge in [0.1, 0.15) is 0 Å². The maximum Gasteiger partial charge on any atom is 0.322 e. The molecule has 100 valence electrons. The summed E-state index contributed by atoms with van der Waals surface area (Å²) < 4.78 is 5.23. The van der Waals surface area contributed by atoms with Gasteiger partial charge in [-0.25, -0.2) is 0 Å². The molecule has 1 saturated carbocycles. The molecule has 0 spiro atoms. The molecule has 6 nitrogen and oxygen atoms in total. The SMILES string of the molecule is CCOc1nc(Cl)nc(N(C)CC2CC(O)C2)n1. The third-order valence-electron chi connectivity index (χ3n) is 2.93. The molecule has 0 atom stereocenters. The number of aliphatic hydroxyl groups excluding tert-OH is 1. The highest BCUT2D eigenvalue weighted by Gasteiger charge is 2.28. The summed E-state index contributed by atoms with van der Waals surface area (Å²) in [6.07, 6.45) is 1.52. The Morgan fingerprint density at radius 1 is 1.39 bits per heavy atom. The van der Waals surface area contributed by atoms with Crippen molar-refractivity contribution in [2.45, 2.75) is 25.9 Å².